The quantitative estimate of drug-likeness (QED) is 0.896. The van der Waals surface area contributed by atoms with Gasteiger partial charge in [0.15, 0.2) is 0 Å². The first-order valence-corrected chi connectivity index (χ1v) is 8.15. The number of urea groups is 1. The summed E-state index contributed by atoms with van der Waals surface area (Å²) in [5, 5.41) is 11.9. The van der Waals surface area contributed by atoms with Crippen molar-refractivity contribution in [3.05, 3.63) is 35.9 Å². The molecule has 1 heterocycles. The van der Waals surface area contributed by atoms with Crippen LogP contribution in [-0.4, -0.2) is 46.1 Å². The number of amides is 2. The Morgan fingerprint density at radius 3 is 2.81 bits per heavy atom. The van der Waals surface area contributed by atoms with Gasteiger partial charge in [-0.3, -0.25) is 4.79 Å². The second-order valence-electron chi connectivity index (χ2n) is 5.10. The average Bonchev–Trinajstić information content (AvgIpc) is 2.48. The summed E-state index contributed by atoms with van der Waals surface area (Å²) in [4.78, 5) is 25.0. The number of carboxylic acid groups (broad SMARTS) is 1. The van der Waals surface area contributed by atoms with Crippen LogP contribution in [0.3, 0.4) is 0 Å². The number of aliphatic carboxylic acids is 1. The van der Waals surface area contributed by atoms with Crippen molar-refractivity contribution in [3.8, 4) is 0 Å². The molecular weight excluding hydrogens is 288 g/mol. The van der Waals surface area contributed by atoms with Gasteiger partial charge in [-0.15, -0.1) is 0 Å². The number of carboxylic acids is 1. The first kappa shape index (κ1) is 15.7. The summed E-state index contributed by atoms with van der Waals surface area (Å²) >= 11 is 1.70. The van der Waals surface area contributed by atoms with Crippen LogP contribution in [0.4, 0.5) is 4.79 Å². The van der Waals surface area contributed by atoms with Gasteiger partial charge in [-0.05, 0) is 12.5 Å². The zero-order valence-corrected chi connectivity index (χ0v) is 12.8. The van der Waals surface area contributed by atoms with Gasteiger partial charge in [-0.25, -0.2) is 4.79 Å². The number of nitrogens with one attached hydrogen (secondary N) is 1. The van der Waals surface area contributed by atoms with Gasteiger partial charge >= 0.3 is 12.0 Å². The highest BCUT2D eigenvalue weighted by Crippen LogP contribution is 2.20. The molecule has 2 atom stereocenters. The first-order chi connectivity index (χ1) is 10.1. The van der Waals surface area contributed by atoms with Crippen molar-refractivity contribution < 1.29 is 14.7 Å². The number of thioether (sulfide) groups is 1. The van der Waals surface area contributed by atoms with Gasteiger partial charge in [0.05, 0.1) is 18.5 Å². The molecule has 0 spiro atoms. The third-order valence-corrected chi connectivity index (χ3v) is 4.63. The molecule has 2 rings (SSSR count). The molecule has 1 aliphatic rings. The molecule has 1 saturated heterocycles. The predicted molar refractivity (Wildman–Crippen MR) is 83.5 cm³/mol. The zero-order valence-electron chi connectivity index (χ0n) is 12.0. The fraction of sp³-hybridized carbons (Fsp3) is 0.467. The second-order valence-corrected chi connectivity index (χ2v) is 6.25. The average molecular weight is 308 g/mol. The Morgan fingerprint density at radius 2 is 2.14 bits per heavy atom. The summed E-state index contributed by atoms with van der Waals surface area (Å²) in [7, 11) is 0. The Bertz CT molecular complexity index is 495. The Labute approximate surface area is 128 Å². The Hall–Kier alpha value is -1.69. The summed E-state index contributed by atoms with van der Waals surface area (Å²) in [6, 6.07) is 9.21. The van der Waals surface area contributed by atoms with Crippen LogP contribution < -0.4 is 5.32 Å². The van der Waals surface area contributed by atoms with E-state index in [-0.39, 0.29) is 24.5 Å². The van der Waals surface area contributed by atoms with E-state index >= 15 is 0 Å². The largest absolute Gasteiger partial charge is 0.481 e. The zero-order chi connectivity index (χ0) is 15.2. The van der Waals surface area contributed by atoms with Gasteiger partial charge in [0.25, 0.3) is 0 Å². The summed E-state index contributed by atoms with van der Waals surface area (Å²) in [6.45, 7) is 2.52. The van der Waals surface area contributed by atoms with Crippen molar-refractivity contribution in [2.75, 3.05) is 18.1 Å². The summed E-state index contributed by atoms with van der Waals surface area (Å²) in [6.07, 6.45) is 0.000137. The van der Waals surface area contributed by atoms with Crippen LogP contribution in [0.25, 0.3) is 0 Å². The minimum absolute atomic E-state index is 0.000137. The molecule has 2 unspecified atom stereocenters. The van der Waals surface area contributed by atoms with E-state index in [2.05, 4.69) is 5.32 Å². The Morgan fingerprint density at radius 1 is 1.43 bits per heavy atom. The van der Waals surface area contributed by atoms with E-state index in [1.807, 2.05) is 37.3 Å². The summed E-state index contributed by atoms with van der Waals surface area (Å²) in [5.74, 6) is 0.666. The molecule has 0 bridgehead atoms. The SMILES string of the molecule is CC(NC(=O)N1CCSCC1CC(=O)O)c1ccccc1. The molecule has 0 radical (unpaired) electrons. The highest BCUT2D eigenvalue weighted by Gasteiger charge is 2.29. The third kappa shape index (κ3) is 4.39. The first-order valence-electron chi connectivity index (χ1n) is 6.99. The van der Waals surface area contributed by atoms with Crippen molar-refractivity contribution in [2.45, 2.75) is 25.4 Å². The lowest BCUT2D eigenvalue weighted by Gasteiger charge is -2.35. The molecule has 1 aliphatic heterocycles. The molecule has 6 heteroatoms. The van der Waals surface area contributed by atoms with Gasteiger partial charge in [0.2, 0.25) is 0 Å². The maximum Gasteiger partial charge on any atom is 0.318 e. The minimum Gasteiger partial charge on any atom is -0.481 e. The van der Waals surface area contributed by atoms with Gasteiger partial charge in [0.1, 0.15) is 0 Å². The van der Waals surface area contributed by atoms with Gasteiger partial charge in [0, 0.05) is 18.1 Å². The van der Waals surface area contributed by atoms with Crippen LogP contribution in [0.5, 0.6) is 0 Å². The van der Waals surface area contributed by atoms with Crippen molar-refractivity contribution in [1.29, 1.82) is 0 Å². The lowest BCUT2D eigenvalue weighted by Crippen LogP contribution is -2.51. The van der Waals surface area contributed by atoms with E-state index in [1.165, 1.54) is 0 Å². The van der Waals surface area contributed by atoms with E-state index in [4.69, 9.17) is 5.11 Å². The molecule has 0 saturated carbocycles. The molecular formula is C15H20N2O3S. The lowest BCUT2D eigenvalue weighted by molar-refractivity contribution is -0.138. The molecule has 2 N–H and O–H groups in total. The molecule has 2 amide bonds. The second kappa shape index (κ2) is 7.36. The molecule has 1 aromatic rings. The third-order valence-electron chi connectivity index (χ3n) is 3.54. The number of carbonyl (C=O) groups is 2. The molecule has 114 valence electrons. The van der Waals surface area contributed by atoms with Crippen molar-refractivity contribution >= 4 is 23.8 Å². The standard InChI is InChI=1S/C15H20N2O3S/c1-11(12-5-3-2-4-6-12)16-15(20)17-7-8-21-10-13(17)9-14(18)19/h2-6,11,13H,7-10H2,1H3,(H,16,20)(H,18,19). The van der Waals surface area contributed by atoms with Crippen LogP contribution in [0.15, 0.2) is 30.3 Å². The van der Waals surface area contributed by atoms with Crippen molar-refractivity contribution in [1.82, 2.24) is 10.2 Å². The van der Waals surface area contributed by atoms with E-state index in [0.717, 1.165) is 11.3 Å². The number of benzene rings is 1. The number of rotatable bonds is 4. The van der Waals surface area contributed by atoms with Gasteiger partial charge < -0.3 is 15.3 Å². The maximum atomic E-state index is 12.4. The van der Waals surface area contributed by atoms with Crippen LogP contribution in [0, 0.1) is 0 Å². The van der Waals surface area contributed by atoms with E-state index in [0.29, 0.717) is 12.3 Å². The number of hydrogen-bond acceptors (Lipinski definition) is 3. The highest BCUT2D eigenvalue weighted by molar-refractivity contribution is 7.99. The Kier molecular flexibility index (Phi) is 5.50. The molecule has 0 aromatic heterocycles. The molecule has 5 nitrogen and oxygen atoms in total. The number of nitrogens with zero attached hydrogens (tertiary/aromatic N) is 1. The highest BCUT2D eigenvalue weighted by atomic mass is 32.2. The molecule has 0 aliphatic carbocycles. The van der Waals surface area contributed by atoms with Gasteiger partial charge in [-0.2, -0.15) is 11.8 Å². The van der Waals surface area contributed by atoms with Crippen molar-refractivity contribution in [2.24, 2.45) is 0 Å². The van der Waals surface area contributed by atoms with Gasteiger partial charge in [-0.1, -0.05) is 30.3 Å². The smallest absolute Gasteiger partial charge is 0.318 e. The predicted octanol–water partition coefficient (Wildman–Crippen LogP) is 2.35. The van der Waals surface area contributed by atoms with Crippen LogP contribution in [-0.2, 0) is 4.79 Å². The molecule has 21 heavy (non-hydrogen) atoms. The number of hydrogen-bond donors (Lipinski definition) is 2. The molecule has 1 fully saturated rings. The topological polar surface area (TPSA) is 69.6 Å². The van der Waals surface area contributed by atoms with Crippen LogP contribution >= 0.6 is 11.8 Å². The van der Waals surface area contributed by atoms with E-state index in [9.17, 15) is 9.59 Å². The fourth-order valence-corrected chi connectivity index (χ4v) is 3.45. The van der Waals surface area contributed by atoms with Crippen LogP contribution in [0.1, 0.15) is 24.9 Å². The molecule has 1 aromatic carbocycles. The van der Waals surface area contributed by atoms with E-state index < -0.39 is 5.97 Å². The monoisotopic (exact) mass is 308 g/mol. The number of carbonyl (C=O) groups excluding carboxylic acids is 1. The summed E-state index contributed by atoms with van der Waals surface area (Å²) in [5.41, 5.74) is 1.03. The summed E-state index contributed by atoms with van der Waals surface area (Å²) < 4.78 is 0. The fourth-order valence-electron chi connectivity index (χ4n) is 2.39. The minimum atomic E-state index is -0.864. The Balaban J connectivity index is 1.98. The van der Waals surface area contributed by atoms with E-state index in [1.54, 1.807) is 16.7 Å². The van der Waals surface area contributed by atoms with Crippen LogP contribution in [0.2, 0.25) is 0 Å². The van der Waals surface area contributed by atoms with Crippen molar-refractivity contribution in [3.63, 3.8) is 0 Å². The normalized spacial score (nSPS) is 19.9. The maximum absolute atomic E-state index is 12.4. The lowest BCUT2D eigenvalue weighted by atomic mass is 10.1.